The SMILES string of the molecule is C[C@H](Nc1cc(-c2n[nH]c(=O)o2)ccc1C(F)(F)F)C1[C@@H]2CC[C@H]1CNC2. The first-order valence-electron chi connectivity index (χ1n) is 9.07. The van der Waals surface area contributed by atoms with Gasteiger partial charge in [-0.3, -0.25) is 0 Å². The molecular formula is C18H21F3N4O2. The van der Waals surface area contributed by atoms with Gasteiger partial charge in [0.1, 0.15) is 0 Å². The largest absolute Gasteiger partial charge is 0.434 e. The van der Waals surface area contributed by atoms with Gasteiger partial charge < -0.3 is 15.1 Å². The fourth-order valence-corrected chi connectivity index (χ4v) is 4.68. The molecule has 3 N–H and O–H groups in total. The number of H-pyrrole nitrogens is 1. The standard InChI is InChI=1S/C18H21F3N4O2/c1-9(15-11-2-3-12(15)8-22-7-11)23-14-6-10(16-24-25-17(26)27-16)4-5-13(14)18(19,20)21/h4-6,9,11-12,15,22-23H,2-3,7-8H2,1H3,(H,25,26)/t9-,11-,12+,15?/m0/s1. The summed E-state index contributed by atoms with van der Waals surface area (Å²) in [5.41, 5.74) is -0.447. The number of halogens is 3. The van der Waals surface area contributed by atoms with Crippen molar-refractivity contribution in [3.8, 4) is 11.5 Å². The van der Waals surface area contributed by atoms with Crippen LogP contribution in [0.15, 0.2) is 27.4 Å². The van der Waals surface area contributed by atoms with Crippen molar-refractivity contribution in [2.24, 2.45) is 17.8 Å². The van der Waals surface area contributed by atoms with E-state index in [2.05, 4.69) is 20.8 Å². The van der Waals surface area contributed by atoms with E-state index in [1.54, 1.807) is 0 Å². The average molecular weight is 382 g/mol. The molecule has 0 amide bonds. The van der Waals surface area contributed by atoms with Crippen molar-refractivity contribution >= 4 is 5.69 Å². The number of piperidine rings is 1. The fraction of sp³-hybridized carbons (Fsp3) is 0.556. The molecule has 2 aromatic rings. The minimum atomic E-state index is -4.49. The molecule has 2 fully saturated rings. The van der Waals surface area contributed by atoms with E-state index in [9.17, 15) is 18.0 Å². The molecule has 1 aromatic carbocycles. The Kier molecular flexibility index (Phi) is 4.49. The lowest BCUT2D eigenvalue weighted by Gasteiger charge is -2.36. The van der Waals surface area contributed by atoms with E-state index >= 15 is 0 Å². The number of hydrogen-bond donors (Lipinski definition) is 3. The Bertz CT molecular complexity index is 860. The maximum atomic E-state index is 13.5. The minimum absolute atomic E-state index is 0.0175. The van der Waals surface area contributed by atoms with Gasteiger partial charge in [0, 0.05) is 17.3 Å². The second-order valence-corrected chi connectivity index (χ2v) is 7.44. The Labute approximate surface area is 153 Å². The van der Waals surface area contributed by atoms with Crippen molar-refractivity contribution in [2.75, 3.05) is 18.4 Å². The highest BCUT2D eigenvalue weighted by Gasteiger charge is 2.42. The predicted octanol–water partition coefficient (Wildman–Crippen LogP) is 3.09. The van der Waals surface area contributed by atoms with Gasteiger partial charge in [0.2, 0.25) is 5.89 Å². The van der Waals surface area contributed by atoms with Crippen LogP contribution in [0.1, 0.15) is 25.3 Å². The van der Waals surface area contributed by atoms with Gasteiger partial charge >= 0.3 is 11.9 Å². The lowest BCUT2D eigenvalue weighted by molar-refractivity contribution is -0.137. The number of benzene rings is 1. The van der Waals surface area contributed by atoms with Crippen LogP contribution in [-0.4, -0.2) is 29.3 Å². The van der Waals surface area contributed by atoms with E-state index < -0.39 is 17.5 Å². The third kappa shape index (κ3) is 3.47. The van der Waals surface area contributed by atoms with Crippen LogP contribution < -0.4 is 16.4 Å². The topological polar surface area (TPSA) is 83.0 Å². The highest BCUT2D eigenvalue weighted by molar-refractivity contribution is 5.65. The number of aromatic nitrogens is 2. The van der Waals surface area contributed by atoms with Gasteiger partial charge in [-0.2, -0.15) is 13.2 Å². The number of nitrogens with one attached hydrogen (secondary N) is 3. The van der Waals surface area contributed by atoms with Gasteiger partial charge in [-0.15, -0.1) is 5.10 Å². The average Bonchev–Trinajstić information content (AvgIpc) is 3.14. The number of alkyl halides is 3. The van der Waals surface area contributed by atoms with Gasteiger partial charge in [0.15, 0.2) is 0 Å². The Hall–Kier alpha value is -2.29. The maximum Gasteiger partial charge on any atom is 0.434 e. The second kappa shape index (κ2) is 6.70. The number of nitrogens with zero attached hydrogens (tertiary/aromatic N) is 1. The highest BCUT2D eigenvalue weighted by atomic mass is 19.4. The first kappa shape index (κ1) is 18.1. The fourth-order valence-electron chi connectivity index (χ4n) is 4.68. The quantitative estimate of drug-likeness (QED) is 0.757. The Morgan fingerprint density at radius 3 is 2.56 bits per heavy atom. The molecule has 0 radical (unpaired) electrons. The molecule has 0 spiro atoms. The van der Waals surface area contributed by atoms with Crippen molar-refractivity contribution in [3.05, 3.63) is 34.3 Å². The van der Waals surface area contributed by atoms with Crippen LogP contribution in [-0.2, 0) is 6.18 Å². The van der Waals surface area contributed by atoms with Crippen molar-refractivity contribution < 1.29 is 17.6 Å². The van der Waals surface area contributed by atoms with E-state index in [0.717, 1.165) is 32.0 Å². The molecule has 6 nitrogen and oxygen atoms in total. The maximum absolute atomic E-state index is 13.5. The Morgan fingerprint density at radius 2 is 1.96 bits per heavy atom. The molecule has 1 saturated heterocycles. The number of aromatic amines is 1. The van der Waals surface area contributed by atoms with Crippen molar-refractivity contribution in [1.82, 2.24) is 15.5 Å². The molecule has 2 heterocycles. The first-order chi connectivity index (χ1) is 12.8. The summed E-state index contributed by atoms with van der Waals surface area (Å²) in [5, 5.41) is 12.3. The normalized spacial score (nSPS) is 26.1. The number of fused-ring (bicyclic) bond motifs is 2. The summed E-state index contributed by atoms with van der Waals surface area (Å²) < 4.78 is 45.4. The van der Waals surface area contributed by atoms with Crippen LogP contribution in [0.5, 0.6) is 0 Å². The zero-order valence-corrected chi connectivity index (χ0v) is 14.8. The first-order valence-corrected chi connectivity index (χ1v) is 9.07. The van der Waals surface area contributed by atoms with Gasteiger partial charge in [0.25, 0.3) is 0 Å². The van der Waals surface area contributed by atoms with E-state index in [-0.39, 0.29) is 17.6 Å². The van der Waals surface area contributed by atoms with Crippen LogP contribution in [0.25, 0.3) is 11.5 Å². The number of hydrogen-bond acceptors (Lipinski definition) is 5. The van der Waals surface area contributed by atoms with Gasteiger partial charge in [-0.25, -0.2) is 9.89 Å². The highest BCUT2D eigenvalue weighted by Crippen LogP contribution is 2.43. The summed E-state index contributed by atoms with van der Waals surface area (Å²) in [6.45, 7) is 3.78. The van der Waals surface area contributed by atoms with Crippen molar-refractivity contribution in [1.29, 1.82) is 0 Å². The molecule has 4 atom stereocenters. The summed E-state index contributed by atoms with van der Waals surface area (Å²) >= 11 is 0. The summed E-state index contributed by atoms with van der Waals surface area (Å²) in [5.74, 6) is 0.506. The molecule has 2 bridgehead atoms. The minimum Gasteiger partial charge on any atom is -0.388 e. The second-order valence-electron chi connectivity index (χ2n) is 7.44. The third-order valence-corrected chi connectivity index (χ3v) is 5.78. The molecule has 2 aliphatic rings. The lowest BCUT2D eigenvalue weighted by atomic mass is 9.81. The Balaban J connectivity index is 1.66. The third-order valence-electron chi connectivity index (χ3n) is 5.78. The summed E-state index contributed by atoms with van der Waals surface area (Å²) in [4.78, 5) is 11.2. The number of rotatable bonds is 4. The van der Waals surface area contributed by atoms with Crippen molar-refractivity contribution in [3.63, 3.8) is 0 Å². The lowest BCUT2D eigenvalue weighted by Crippen LogP contribution is -2.45. The molecule has 1 unspecified atom stereocenters. The zero-order chi connectivity index (χ0) is 19.2. The van der Waals surface area contributed by atoms with E-state index in [1.807, 2.05) is 6.92 Å². The number of anilines is 1. The molecule has 1 aromatic heterocycles. The molecule has 9 heteroatoms. The molecule has 1 aliphatic carbocycles. The van der Waals surface area contributed by atoms with Crippen LogP contribution in [0.3, 0.4) is 0 Å². The zero-order valence-electron chi connectivity index (χ0n) is 14.8. The molecule has 1 aliphatic heterocycles. The van der Waals surface area contributed by atoms with Crippen LogP contribution in [0.2, 0.25) is 0 Å². The van der Waals surface area contributed by atoms with E-state index in [4.69, 9.17) is 4.42 Å². The van der Waals surface area contributed by atoms with Gasteiger partial charge in [-0.05, 0) is 68.8 Å². The van der Waals surface area contributed by atoms with Gasteiger partial charge in [-0.1, -0.05) is 0 Å². The van der Waals surface area contributed by atoms with Crippen LogP contribution >= 0.6 is 0 Å². The summed E-state index contributed by atoms with van der Waals surface area (Å²) in [6, 6.07) is 3.50. The molecule has 1 saturated carbocycles. The van der Waals surface area contributed by atoms with Crippen LogP contribution in [0, 0.1) is 17.8 Å². The Morgan fingerprint density at radius 1 is 1.26 bits per heavy atom. The summed E-state index contributed by atoms with van der Waals surface area (Å²) in [6.07, 6.45) is -2.27. The van der Waals surface area contributed by atoms with Crippen LogP contribution in [0.4, 0.5) is 18.9 Å². The van der Waals surface area contributed by atoms with E-state index in [0.29, 0.717) is 23.3 Å². The van der Waals surface area contributed by atoms with Gasteiger partial charge in [0.05, 0.1) is 5.56 Å². The smallest absolute Gasteiger partial charge is 0.388 e. The molecular weight excluding hydrogens is 361 g/mol. The summed E-state index contributed by atoms with van der Waals surface area (Å²) in [7, 11) is 0. The van der Waals surface area contributed by atoms with Crippen molar-refractivity contribution in [2.45, 2.75) is 32.0 Å². The molecule has 146 valence electrons. The molecule has 4 rings (SSSR count). The van der Waals surface area contributed by atoms with E-state index in [1.165, 1.54) is 12.1 Å². The monoisotopic (exact) mass is 382 g/mol. The predicted molar refractivity (Wildman–Crippen MR) is 93.2 cm³/mol. The molecule has 27 heavy (non-hydrogen) atoms.